The van der Waals surface area contributed by atoms with Gasteiger partial charge in [-0.3, -0.25) is 10.2 Å². The molecule has 1 amide bonds. The summed E-state index contributed by atoms with van der Waals surface area (Å²) in [6, 6.07) is 7.40. The van der Waals surface area contributed by atoms with Crippen LogP contribution in [0.3, 0.4) is 0 Å². The fraction of sp³-hybridized carbons (Fsp3) is 0.111. The molecule has 14 heavy (non-hydrogen) atoms. The van der Waals surface area contributed by atoms with E-state index in [-0.39, 0.29) is 18.2 Å². The largest absolute Gasteiger partial charge is 0.387 e. The number of anilines is 1. The van der Waals surface area contributed by atoms with Crippen LogP contribution in [0.4, 0.5) is 5.69 Å². The maximum atomic E-state index is 11.2. The van der Waals surface area contributed by atoms with E-state index in [1.165, 1.54) is 0 Å². The first kappa shape index (κ1) is 11.0. The van der Waals surface area contributed by atoms with Crippen LogP contribution in [0, 0.1) is 8.98 Å². The summed E-state index contributed by atoms with van der Waals surface area (Å²) < 4.78 is 1.10. The summed E-state index contributed by atoms with van der Waals surface area (Å²) in [5, 5.41) is 9.58. The standard InChI is InChI=1S/C9H10IN3O/c10-6-1-3-7(4-2-6)13-9(14)5-8(11)12/h1-4H,5H2,(H3,11,12)(H,13,14). The molecule has 0 aromatic heterocycles. The highest BCUT2D eigenvalue weighted by atomic mass is 127. The van der Waals surface area contributed by atoms with E-state index in [2.05, 4.69) is 27.9 Å². The minimum atomic E-state index is -0.265. The lowest BCUT2D eigenvalue weighted by Crippen LogP contribution is -2.20. The van der Waals surface area contributed by atoms with Gasteiger partial charge < -0.3 is 11.1 Å². The minimum absolute atomic E-state index is 0.0635. The zero-order valence-corrected chi connectivity index (χ0v) is 9.54. The fourth-order valence-corrected chi connectivity index (χ4v) is 1.27. The quantitative estimate of drug-likeness (QED) is 0.450. The molecule has 0 aliphatic heterocycles. The zero-order valence-electron chi connectivity index (χ0n) is 7.38. The maximum absolute atomic E-state index is 11.2. The first-order chi connectivity index (χ1) is 6.58. The molecule has 1 rings (SSSR count). The van der Waals surface area contributed by atoms with Crippen molar-refractivity contribution < 1.29 is 4.79 Å². The molecule has 0 atom stereocenters. The van der Waals surface area contributed by atoms with Crippen molar-refractivity contribution in [2.24, 2.45) is 5.73 Å². The van der Waals surface area contributed by atoms with Crippen molar-refractivity contribution in [3.8, 4) is 0 Å². The van der Waals surface area contributed by atoms with Crippen molar-refractivity contribution in [3.63, 3.8) is 0 Å². The Hall–Kier alpha value is -1.11. The average Bonchev–Trinajstić information content (AvgIpc) is 2.07. The lowest BCUT2D eigenvalue weighted by molar-refractivity contribution is -0.115. The van der Waals surface area contributed by atoms with E-state index in [1.54, 1.807) is 12.1 Å². The van der Waals surface area contributed by atoms with E-state index in [0.29, 0.717) is 0 Å². The van der Waals surface area contributed by atoms with E-state index in [1.807, 2.05) is 12.1 Å². The number of carbonyl (C=O) groups excluding carboxylic acids is 1. The number of nitrogens with one attached hydrogen (secondary N) is 2. The number of halogens is 1. The normalized spacial score (nSPS) is 9.50. The molecule has 0 spiro atoms. The highest BCUT2D eigenvalue weighted by Gasteiger charge is 2.03. The third-order valence-corrected chi connectivity index (χ3v) is 2.20. The van der Waals surface area contributed by atoms with Crippen LogP contribution in [-0.2, 0) is 4.79 Å². The molecule has 0 heterocycles. The molecular weight excluding hydrogens is 293 g/mol. The van der Waals surface area contributed by atoms with Gasteiger partial charge >= 0.3 is 0 Å². The minimum Gasteiger partial charge on any atom is -0.387 e. The van der Waals surface area contributed by atoms with Gasteiger partial charge in [0.05, 0.1) is 6.42 Å². The Balaban J connectivity index is 2.56. The van der Waals surface area contributed by atoms with Crippen LogP contribution >= 0.6 is 22.6 Å². The first-order valence-electron chi connectivity index (χ1n) is 3.96. The number of amides is 1. The van der Waals surface area contributed by atoms with Crippen LogP contribution in [0.1, 0.15) is 6.42 Å². The molecule has 0 aliphatic rings. The molecule has 0 aliphatic carbocycles. The smallest absolute Gasteiger partial charge is 0.231 e. The summed E-state index contributed by atoms with van der Waals surface area (Å²) in [5.41, 5.74) is 5.81. The van der Waals surface area contributed by atoms with Crippen LogP contribution in [-0.4, -0.2) is 11.7 Å². The van der Waals surface area contributed by atoms with E-state index < -0.39 is 0 Å². The van der Waals surface area contributed by atoms with Gasteiger partial charge in [0, 0.05) is 9.26 Å². The van der Waals surface area contributed by atoms with Gasteiger partial charge in [0.1, 0.15) is 5.84 Å². The number of rotatable bonds is 3. The van der Waals surface area contributed by atoms with Crippen molar-refractivity contribution >= 4 is 40.0 Å². The van der Waals surface area contributed by atoms with Crippen molar-refractivity contribution in [2.75, 3.05) is 5.32 Å². The molecule has 1 aromatic rings. The predicted molar refractivity (Wildman–Crippen MR) is 64.3 cm³/mol. The molecule has 74 valence electrons. The van der Waals surface area contributed by atoms with E-state index in [0.717, 1.165) is 9.26 Å². The summed E-state index contributed by atoms with van der Waals surface area (Å²) >= 11 is 2.18. The molecule has 0 radical (unpaired) electrons. The van der Waals surface area contributed by atoms with Crippen molar-refractivity contribution in [3.05, 3.63) is 27.8 Å². The van der Waals surface area contributed by atoms with Crippen LogP contribution in [0.2, 0.25) is 0 Å². The number of nitrogens with two attached hydrogens (primary N) is 1. The average molecular weight is 303 g/mol. The molecule has 0 saturated carbocycles. The Labute approximate surface area is 95.5 Å². The Kier molecular flexibility index (Phi) is 3.87. The van der Waals surface area contributed by atoms with E-state index in [9.17, 15) is 4.79 Å². The number of hydrogen-bond donors (Lipinski definition) is 3. The lowest BCUT2D eigenvalue weighted by Gasteiger charge is -2.03. The molecule has 0 unspecified atom stereocenters. The van der Waals surface area contributed by atoms with Gasteiger partial charge in [0.25, 0.3) is 0 Å². The highest BCUT2D eigenvalue weighted by molar-refractivity contribution is 14.1. The summed E-state index contributed by atoms with van der Waals surface area (Å²) in [5.74, 6) is -0.397. The Bertz CT molecular complexity index is 348. The Morgan fingerprint density at radius 3 is 2.50 bits per heavy atom. The lowest BCUT2D eigenvalue weighted by atomic mass is 10.3. The second-order valence-corrected chi connectivity index (χ2v) is 4.00. The van der Waals surface area contributed by atoms with E-state index in [4.69, 9.17) is 11.1 Å². The SMILES string of the molecule is N=C(N)CC(=O)Nc1ccc(I)cc1. The molecule has 5 heteroatoms. The topological polar surface area (TPSA) is 79.0 Å². The predicted octanol–water partition coefficient (Wildman–Crippen LogP) is 1.56. The highest BCUT2D eigenvalue weighted by Crippen LogP contribution is 2.11. The summed E-state index contributed by atoms with van der Waals surface area (Å²) in [6.45, 7) is 0. The number of benzene rings is 1. The second kappa shape index (κ2) is 4.94. The molecule has 4 N–H and O–H groups in total. The fourth-order valence-electron chi connectivity index (χ4n) is 0.911. The van der Waals surface area contributed by atoms with Gasteiger partial charge in [-0.2, -0.15) is 0 Å². The summed E-state index contributed by atoms with van der Waals surface area (Å²) in [7, 11) is 0. The van der Waals surface area contributed by atoms with Crippen LogP contribution in [0.5, 0.6) is 0 Å². The van der Waals surface area contributed by atoms with Gasteiger partial charge in [-0.15, -0.1) is 0 Å². The van der Waals surface area contributed by atoms with Crippen molar-refractivity contribution in [1.29, 1.82) is 5.41 Å². The van der Waals surface area contributed by atoms with Crippen LogP contribution < -0.4 is 11.1 Å². The van der Waals surface area contributed by atoms with Gasteiger partial charge in [-0.05, 0) is 46.9 Å². The van der Waals surface area contributed by atoms with Gasteiger partial charge in [0.15, 0.2) is 0 Å². The van der Waals surface area contributed by atoms with Gasteiger partial charge in [-0.25, -0.2) is 0 Å². The molecule has 0 fully saturated rings. The Morgan fingerprint density at radius 2 is 2.00 bits per heavy atom. The molecular formula is C9H10IN3O. The summed E-state index contributed by atoms with van der Waals surface area (Å²) in [6.07, 6.45) is -0.0635. The second-order valence-electron chi connectivity index (χ2n) is 2.76. The first-order valence-corrected chi connectivity index (χ1v) is 5.04. The molecule has 0 bridgehead atoms. The van der Waals surface area contributed by atoms with Gasteiger partial charge in [-0.1, -0.05) is 0 Å². The van der Waals surface area contributed by atoms with Crippen LogP contribution in [0.25, 0.3) is 0 Å². The zero-order chi connectivity index (χ0) is 10.6. The van der Waals surface area contributed by atoms with Crippen LogP contribution in [0.15, 0.2) is 24.3 Å². The number of amidine groups is 1. The maximum Gasteiger partial charge on any atom is 0.231 e. The summed E-state index contributed by atoms with van der Waals surface area (Å²) in [4.78, 5) is 11.2. The van der Waals surface area contributed by atoms with Crippen molar-refractivity contribution in [2.45, 2.75) is 6.42 Å². The van der Waals surface area contributed by atoms with Crippen molar-refractivity contribution in [1.82, 2.24) is 0 Å². The molecule has 4 nitrogen and oxygen atoms in total. The molecule has 1 aromatic carbocycles. The van der Waals surface area contributed by atoms with E-state index >= 15 is 0 Å². The molecule has 0 saturated heterocycles. The number of carbonyl (C=O) groups is 1. The third kappa shape index (κ3) is 3.73. The Morgan fingerprint density at radius 1 is 1.43 bits per heavy atom. The van der Waals surface area contributed by atoms with Gasteiger partial charge in [0.2, 0.25) is 5.91 Å². The monoisotopic (exact) mass is 303 g/mol. The third-order valence-electron chi connectivity index (χ3n) is 1.48. The number of hydrogen-bond acceptors (Lipinski definition) is 2.